The van der Waals surface area contributed by atoms with Crippen molar-refractivity contribution < 1.29 is 18.0 Å². The second-order valence-corrected chi connectivity index (χ2v) is 6.64. The average molecular weight is 391 g/mol. The summed E-state index contributed by atoms with van der Waals surface area (Å²) in [5, 5.41) is 6.07. The summed E-state index contributed by atoms with van der Waals surface area (Å²) < 4.78 is 42.1. The highest BCUT2D eigenvalue weighted by molar-refractivity contribution is 5.92. The molecule has 0 spiro atoms. The van der Waals surface area contributed by atoms with Crippen LogP contribution in [0.25, 0.3) is 0 Å². The lowest BCUT2D eigenvalue weighted by atomic mass is 10.1. The van der Waals surface area contributed by atoms with Crippen molar-refractivity contribution in [3.05, 3.63) is 65.0 Å². The molecule has 3 aromatic rings. The van der Waals surface area contributed by atoms with Gasteiger partial charge in [0.15, 0.2) is 5.69 Å². The summed E-state index contributed by atoms with van der Waals surface area (Å²) in [5.74, 6) is -0.537. The number of hydrogen-bond acceptors (Lipinski definition) is 3. The number of rotatable bonds is 5. The van der Waals surface area contributed by atoms with Crippen molar-refractivity contribution in [2.45, 2.75) is 33.0 Å². The smallest absolute Gasteiger partial charge is 0.330 e. The molecule has 0 atom stereocenters. The van der Waals surface area contributed by atoms with Gasteiger partial charge in [0.2, 0.25) is 5.91 Å². The van der Waals surface area contributed by atoms with Crippen LogP contribution in [-0.4, -0.2) is 25.2 Å². The summed E-state index contributed by atoms with van der Waals surface area (Å²) in [5.41, 5.74) is 2.26. The molecule has 0 saturated carbocycles. The molecule has 0 bridgehead atoms. The van der Waals surface area contributed by atoms with Gasteiger partial charge in [-0.3, -0.25) is 9.48 Å². The van der Waals surface area contributed by atoms with E-state index in [1.54, 1.807) is 24.5 Å². The Labute approximate surface area is 160 Å². The maximum absolute atomic E-state index is 13.0. The van der Waals surface area contributed by atoms with Crippen molar-refractivity contribution in [3.63, 3.8) is 0 Å². The van der Waals surface area contributed by atoms with Gasteiger partial charge in [-0.1, -0.05) is 12.1 Å². The number of nitrogens with zero attached hydrogens (tertiary/aromatic N) is 4. The van der Waals surface area contributed by atoms with Crippen molar-refractivity contribution in [2.24, 2.45) is 7.05 Å². The molecule has 0 aliphatic carbocycles. The zero-order valence-corrected chi connectivity index (χ0v) is 15.7. The van der Waals surface area contributed by atoms with Crippen LogP contribution in [0.15, 0.2) is 36.8 Å². The first-order valence-corrected chi connectivity index (χ1v) is 8.60. The third-order valence-corrected chi connectivity index (χ3v) is 4.43. The molecule has 28 heavy (non-hydrogen) atoms. The van der Waals surface area contributed by atoms with Crippen LogP contribution in [0.4, 0.5) is 18.9 Å². The lowest BCUT2D eigenvalue weighted by Crippen LogP contribution is -2.17. The summed E-state index contributed by atoms with van der Waals surface area (Å²) in [6.07, 6.45) is -2.05. The van der Waals surface area contributed by atoms with E-state index in [-0.39, 0.29) is 5.56 Å². The summed E-state index contributed by atoms with van der Waals surface area (Å²) in [6.45, 7) is 4.48. The Kier molecular flexibility index (Phi) is 5.26. The lowest BCUT2D eigenvalue weighted by Gasteiger charge is -2.10. The number of imidazole rings is 1. The molecule has 6 nitrogen and oxygen atoms in total. The maximum Gasteiger partial charge on any atom is 0.435 e. The van der Waals surface area contributed by atoms with E-state index in [9.17, 15) is 18.0 Å². The first kappa shape index (κ1) is 19.7. The first-order valence-electron chi connectivity index (χ1n) is 8.60. The minimum absolute atomic E-state index is 0.159. The van der Waals surface area contributed by atoms with E-state index in [0.717, 1.165) is 21.6 Å². The van der Waals surface area contributed by atoms with Crippen LogP contribution in [0.3, 0.4) is 0 Å². The number of nitrogens with one attached hydrogen (secondary N) is 1. The Morgan fingerprint density at radius 2 is 2.00 bits per heavy atom. The number of halogens is 3. The fraction of sp³-hybridized carbons (Fsp3) is 0.316. The third-order valence-electron chi connectivity index (χ3n) is 4.43. The Bertz CT molecular complexity index is 1000. The topological polar surface area (TPSA) is 64.7 Å². The number of anilines is 1. The zero-order chi connectivity index (χ0) is 20.5. The third kappa shape index (κ3) is 4.41. The van der Waals surface area contributed by atoms with E-state index in [0.29, 0.717) is 12.2 Å². The first-order chi connectivity index (χ1) is 13.1. The van der Waals surface area contributed by atoms with Crippen LogP contribution in [0.5, 0.6) is 0 Å². The number of carbonyl (C=O) groups is 1. The highest BCUT2D eigenvalue weighted by Gasteiger charge is 2.37. The standard InChI is InChI=1S/C19H20F3N5O/c1-12-13(2)27(11-23-12)9-14-5-4-6-16(7-14)24-17(28)8-15-10-26(3)25-18(15)19(20,21)22/h4-7,10-11H,8-9H2,1-3H3,(H,24,28). The molecule has 0 aliphatic rings. The highest BCUT2D eigenvalue weighted by atomic mass is 19.4. The van der Waals surface area contributed by atoms with Crippen LogP contribution in [-0.2, 0) is 31.0 Å². The van der Waals surface area contributed by atoms with Crippen molar-refractivity contribution in [2.75, 3.05) is 5.32 Å². The molecule has 1 N–H and O–H groups in total. The SMILES string of the molecule is Cc1ncn(Cc2cccc(NC(=O)Cc3cn(C)nc3C(F)(F)F)c2)c1C. The predicted octanol–water partition coefficient (Wildman–Crippen LogP) is 3.48. The maximum atomic E-state index is 13.0. The van der Waals surface area contributed by atoms with Gasteiger partial charge in [0.1, 0.15) is 0 Å². The summed E-state index contributed by atoms with van der Waals surface area (Å²) in [6, 6.07) is 7.19. The number of aryl methyl sites for hydroxylation is 2. The van der Waals surface area contributed by atoms with Crippen molar-refractivity contribution in [1.29, 1.82) is 0 Å². The normalized spacial score (nSPS) is 11.6. The monoisotopic (exact) mass is 391 g/mol. The van der Waals surface area contributed by atoms with Crippen LogP contribution in [0.1, 0.15) is 28.2 Å². The van der Waals surface area contributed by atoms with Gasteiger partial charge < -0.3 is 9.88 Å². The Morgan fingerprint density at radius 3 is 2.64 bits per heavy atom. The molecule has 0 fully saturated rings. The molecular weight excluding hydrogens is 371 g/mol. The van der Waals surface area contributed by atoms with Gasteiger partial charge in [0.25, 0.3) is 0 Å². The largest absolute Gasteiger partial charge is 0.435 e. The highest BCUT2D eigenvalue weighted by Crippen LogP contribution is 2.30. The summed E-state index contributed by atoms with van der Waals surface area (Å²) in [7, 11) is 1.39. The van der Waals surface area contributed by atoms with E-state index in [4.69, 9.17) is 0 Å². The van der Waals surface area contributed by atoms with Crippen LogP contribution in [0.2, 0.25) is 0 Å². The second kappa shape index (κ2) is 7.49. The van der Waals surface area contributed by atoms with E-state index in [2.05, 4.69) is 15.4 Å². The zero-order valence-electron chi connectivity index (χ0n) is 15.7. The van der Waals surface area contributed by atoms with Crippen LogP contribution >= 0.6 is 0 Å². The summed E-state index contributed by atoms with van der Waals surface area (Å²) in [4.78, 5) is 16.5. The van der Waals surface area contributed by atoms with E-state index >= 15 is 0 Å². The molecule has 1 aromatic carbocycles. The molecule has 2 heterocycles. The quantitative estimate of drug-likeness (QED) is 0.724. The van der Waals surface area contributed by atoms with Gasteiger partial charge in [-0.15, -0.1) is 0 Å². The van der Waals surface area contributed by atoms with Gasteiger partial charge in [-0.05, 0) is 31.5 Å². The molecule has 3 rings (SSSR count). The molecule has 0 saturated heterocycles. The van der Waals surface area contributed by atoms with E-state index in [1.807, 2.05) is 24.5 Å². The van der Waals surface area contributed by atoms with Crippen LogP contribution < -0.4 is 5.32 Å². The van der Waals surface area contributed by atoms with E-state index in [1.165, 1.54) is 13.2 Å². The number of benzene rings is 1. The Hall–Kier alpha value is -3.10. The van der Waals surface area contributed by atoms with E-state index < -0.39 is 24.2 Å². The molecule has 9 heteroatoms. The Morgan fingerprint density at radius 1 is 1.25 bits per heavy atom. The van der Waals surface area contributed by atoms with Gasteiger partial charge in [0, 0.05) is 36.7 Å². The molecule has 148 valence electrons. The average Bonchev–Trinajstić information content (AvgIpc) is 3.12. The van der Waals surface area contributed by atoms with Gasteiger partial charge in [-0.25, -0.2) is 4.98 Å². The molecule has 1 amide bonds. The molecule has 0 radical (unpaired) electrons. The van der Waals surface area contributed by atoms with Gasteiger partial charge >= 0.3 is 6.18 Å². The van der Waals surface area contributed by atoms with Crippen molar-refractivity contribution >= 4 is 11.6 Å². The van der Waals surface area contributed by atoms with Gasteiger partial charge in [0.05, 0.1) is 18.4 Å². The lowest BCUT2D eigenvalue weighted by molar-refractivity contribution is -0.142. The number of aromatic nitrogens is 4. The number of carbonyl (C=O) groups excluding carboxylic acids is 1. The number of alkyl halides is 3. The fourth-order valence-electron chi connectivity index (χ4n) is 2.93. The second-order valence-electron chi connectivity index (χ2n) is 6.64. The van der Waals surface area contributed by atoms with Crippen LogP contribution in [0, 0.1) is 13.8 Å². The molecule has 0 unspecified atom stereocenters. The number of hydrogen-bond donors (Lipinski definition) is 1. The fourth-order valence-corrected chi connectivity index (χ4v) is 2.93. The molecule has 0 aliphatic heterocycles. The van der Waals surface area contributed by atoms with Crippen molar-refractivity contribution in [3.8, 4) is 0 Å². The van der Waals surface area contributed by atoms with Crippen molar-refractivity contribution in [1.82, 2.24) is 19.3 Å². The van der Waals surface area contributed by atoms with Gasteiger partial charge in [-0.2, -0.15) is 18.3 Å². The predicted molar refractivity (Wildman–Crippen MR) is 97.8 cm³/mol. The molecule has 2 aromatic heterocycles. The minimum Gasteiger partial charge on any atom is -0.330 e. The summed E-state index contributed by atoms with van der Waals surface area (Å²) >= 11 is 0. The Balaban J connectivity index is 1.71. The number of amides is 1. The minimum atomic E-state index is -4.60. The molecular formula is C19H20F3N5O.